The average Bonchev–Trinajstić information content (AvgIpc) is 2.87. The van der Waals surface area contributed by atoms with Gasteiger partial charge in [-0.1, -0.05) is 20.8 Å². The fourth-order valence-corrected chi connectivity index (χ4v) is 3.61. The van der Waals surface area contributed by atoms with Crippen molar-refractivity contribution >= 4 is 7.32 Å². The summed E-state index contributed by atoms with van der Waals surface area (Å²) in [6, 6.07) is 17.1. The zero-order valence-corrected chi connectivity index (χ0v) is 23.0. The Balaban J connectivity index is 1.81. The lowest BCUT2D eigenvalue weighted by molar-refractivity contribution is 0.300. The number of hydrogen-bond acceptors (Lipinski definition) is 6. The predicted molar refractivity (Wildman–Crippen MR) is 149 cm³/mol. The van der Waals surface area contributed by atoms with Crippen LogP contribution in [0.4, 0.5) is 0 Å². The molecule has 0 aromatic heterocycles. The van der Waals surface area contributed by atoms with Gasteiger partial charge in [-0.25, -0.2) is 0 Å². The molecule has 198 valence electrons. The third kappa shape index (κ3) is 8.55. The van der Waals surface area contributed by atoms with Crippen molar-refractivity contribution in [2.45, 2.75) is 60.8 Å². The highest BCUT2D eigenvalue weighted by atomic mass is 16.7. The molecule has 6 nitrogen and oxygen atoms in total. The van der Waals surface area contributed by atoms with Crippen LogP contribution in [0, 0.1) is 20.8 Å². The van der Waals surface area contributed by atoms with Crippen LogP contribution in [0.3, 0.4) is 0 Å². The third-order valence-corrected chi connectivity index (χ3v) is 5.52. The first kappa shape index (κ1) is 28.1. The van der Waals surface area contributed by atoms with Crippen molar-refractivity contribution in [2.75, 3.05) is 19.8 Å². The predicted octanol–water partition coefficient (Wildman–Crippen LogP) is 7.50. The van der Waals surface area contributed by atoms with Crippen molar-refractivity contribution in [3.8, 4) is 34.5 Å². The van der Waals surface area contributed by atoms with Crippen molar-refractivity contribution < 1.29 is 28.2 Å². The van der Waals surface area contributed by atoms with Crippen LogP contribution >= 0.6 is 0 Å². The molecule has 0 unspecified atom stereocenters. The van der Waals surface area contributed by atoms with Crippen LogP contribution in [-0.4, -0.2) is 27.1 Å². The maximum Gasteiger partial charge on any atom is 0.864 e. The molecule has 0 saturated carbocycles. The first-order valence-corrected chi connectivity index (χ1v) is 13.1. The van der Waals surface area contributed by atoms with E-state index in [4.69, 9.17) is 28.2 Å². The fourth-order valence-electron chi connectivity index (χ4n) is 3.61. The molecule has 0 saturated heterocycles. The Morgan fingerprint density at radius 1 is 0.486 bits per heavy atom. The molecule has 0 aliphatic heterocycles. The van der Waals surface area contributed by atoms with E-state index in [9.17, 15) is 0 Å². The van der Waals surface area contributed by atoms with E-state index < -0.39 is 7.32 Å². The zero-order valence-electron chi connectivity index (χ0n) is 23.0. The highest BCUT2D eigenvalue weighted by molar-refractivity contribution is 6.39. The van der Waals surface area contributed by atoms with E-state index in [1.807, 2.05) is 75.4 Å². The quantitative estimate of drug-likeness (QED) is 0.199. The minimum atomic E-state index is -1.02. The Morgan fingerprint density at radius 3 is 1.03 bits per heavy atom. The molecule has 0 atom stereocenters. The Labute approximate surface area is 222 Å². The van der Waals surface area contributed by atoms with Gasteiger partial charge in [-0.15, -0.1) is 0 Å². The molecular weight excluding hydrogens is 467 g/mol. The van der Waals surface area contributed by atoms with Gasteiger partial charge in [0.2, 0.25) is 0 Å². The minimum Gasteiger partial charge on any atom is -0.493 e. The summed E-state index contributed by atoms with van der Waals surface area (Å²) >= 11 is 0. The summed E-state index contributed by atoms with van der Waals surface area (Å²) in [4.78, 5) is 0. The van der Waals surface area contributed by atoms with Crippen LogP contribution in [0.25, 0.3) is 0 Å². The molecule has 3 aromatic rings. The minimum absolute atomic E-state index is 0.616. The number of aryl methyl sites for hydroxylation is 3. The summed E-state index contributed by atoms with van der Waals surface area (Å²) < 4.78 is 35.9. The summed E-state index contributed by atoms with van der Waals surface area (Å²) in [5.41, 5.74) is 2.93. The Bertz CT molecular complexity index is 992. The number of ether oxygens (including phenoxy) is 3. The molecule has 7 heteroatoms. The van der Waals surface area contributed by atoms with Crippen molar-refractivity contribution in [3.05, 3.63) is 71.3 Å². The highest BCUT2D eigenvalue weighted by Crippen LogP contribution is 2.29. The van der Waals surface area contributed by atoms with Crippen LogP contribution in [0.5, 0.6) is 34.5 Å². The lowest BCUT2D eigenvalue weighted by Crippen LogP contribution is -2.37. The zero-order chi connectivity index (χ0) is 26.6. The maximum absolute atomic E-state index is 6.17. The third-order valence-electron chi connectivity index (χ3n) is 5.52. The lowest BCUT2D eigenvalue weighted by Gasteiger charge is -2.19. The lowest BCUT2D eigenvalue weighted by atomic mass is 10.1. The summed E-state index contributed by atoms with van der Waals surface area (Å²) in [5, 5.41) is 0. The van der Waals surface area contributed by atoms with E-state index in [-0.39, 0.29) is 0 Å². The molecule has 0 bridgehead atoms. The normalized spacial score (nSPS) is 10.5. The van der Waals surface area contributed by atoms with Crippen LogP contribution in [0.2, 0.25) is 0 Å². The second-order valence-corrected chi connectivity index (χ2v) is 8.97. The molecule has 0 amide bonds. The largest absolute Gasteiger partial charge is 0.864 e. The van der Waals surface area contributed by atoms with Gasteiger partial charge in [0.1, 0.15) is 34.5 Å². The van der Waals surface area contributed by atoms with Gasteiger partial charge in [0.05, 0.1) is 19.8 Å². The first-order valence-electron chi connectivity index (χ1n) is 13.1. The van der Waals surface area contributed by atoms with Gasteiger partial charge < -0.3 is 28.2 Å². The molecule has 3 rings (SSSR count). The molecule has 3 aromatic carbocycles. The van der Waals surface area contributed by atoms with Crippen molar-refractivity contribution in [1.82, 2.24) is 0 Å². The molecule has 0 aliphatic rings. The smallest absolute Gasteiger partial charge is 0.493 e. The molecule has 0 heterocycles. The summed E-state index contributed by atoms with van der Waals surface area (Å²) in [6.45, 7) is 14.2. The highest BCUT2D eigenvalue weighted by Gasteiger charge is 2.31. The standard InChI is InChI=1S/C30H39BO6/c1-7-16-32-28-13-10-25(19-22(28)4)35-31(36-26-11-14-29(23(5)20-26)33-17-8-2)37-27-12-15-30(24(6)21-27)34-18-9-3/h10-15,19-21H,7-9,16-18H2,1-6H3. The van der Waals surface area contributed by atoms with Gasteiger partial charge in [-0.05, 0) is 111 Å². The summed E-state index contributed by atoms with van der Waals surface area (Å²) in [5.74, 6) is 4.36. The van der Waals surface area contributed by atoms with Crippen molar-refractivity contribution in [2.24, 2.45) is 0 Å². The molecule has 0 aliphatic carbocycles. The maximum atomic E-state index is 6.17. The van der Waals surface area contributed by atoms with Crippen LogP contribution < -0.4 is 28.2 Å². The summed E-state index contributed by atoms with van der Waals surface area (Å²) in [7, 11) is -1.02. The molecule has 0 N–H and O–H groups in total. The van der Waals surface area contributed by atoms with E-state index in [1.165, 1.54) is 0 Å². The Kier molecular flexibility index (Phi) is 10.9. The van der Waals surface area contributed by atoms with E-state index in [0.29, 0.717) is 37.1 Å². The molecule has 0 fully saturated rings. The summed E-state index contributed by atoms with van der Waals surface area (Å²) in [6.07, 6.45) is 2.85. The second kappa shape index (κ2) is 14.3. The first-order chi connectivity index (χ1) is 17.9. The monoisotopic (exact) mass is 506 g/mol. The van der Waals surface area contributed by atoms with Gasteiger partial charge in [-0.3, -0.25) is 0 Å². The van der Waals surface area contributed by atoms with Crippen LogP contribution in [0.1, 0.15) is 56.7 Å². The average molecular weight is 506 g/mol. The van der Waals surface area contributed by atoms with Crippen LogP contribution in [0.15, 0.2) is 54.6 Å². The Morgan fingerprint density at radius 2 is 0.784 bits per heavy atom. The molecule has 0 radical (unpaired) electrons. The molecular formula is C30H39BO6. The van der Waals surface area contributed by atoms with Gasteiger partial charge in [-0.2, -0.15) is 0 Å². The molecule has 0 spiro atoms. The van der Waals surface area contributed by atoms with E-state index in [1.54, 1.807) is 0 Å². The SMILES string of the molecule is CCCOc1ccc(OB(Oc2ccc(OCCC)c(C)c2)Oc2ccc(OCCC)c(C)c2)cc1C. The van der Waals surface area contributed by atoms with Crippen LogP contribution in [-0.2, 0) is 0 Å². The number of hydrogen-bond donors (Lipinski definition) is 0. The molecule has 37 heavy (non-hydrogen) atoms. The number of benzene rings is 3. The Hall–Kier alpha value is -3.48. The topological polar surface area (TPSA) is 55.4 Å². The van der Waals surface area contributed by atoms with Gasteiger partial charge >= 0.3 is 7.32 Å². The fraction of sp³-hybridized carbons (Fsp3) is 0.400. The van der Waals surface area contributed by atoms with Gasteiger partial charge in [0.25, 0.3) is 0 Å². The van der Waals surface area contributed by atoms with Crippen molar-refractivity contribution in [1.29, 1.82) is 0 Å². The van der Waals surface area contributed by atoms with E-state index >= 15 is 0 Å². The number of rotatable bonds is 15. The van der Waals surface area contributed by atoms with Gasteiger partial charge in [0, 0.05) is 0 Å². The van der Waals surface area contributed by atoms with Gasteiger partial charge in [0.15, 0.2) is 0 Å². The van der Waals surface area contributed by atoms with E-state index in [2.05, 4.69) is 20.8 Å². The van der Waals surface area contributed by atoms with E-state index in [0.717, 1.165) is 53.2 Å². The second-order valence-electron chi connectivity index (χ2n) is 8.97. The van der Waals surface area contributed by atoms with Crippen molar-refractivity contribution in [3.63, 3.8) is 0 Å².